The molecule has 11 heteroatoms. The molecule has 0 unspecified atom stereocenters. The fourth-order valence-corrected chi connectivity index (χ4v) is 3.14. The number of ether oxygens (including phenoxy) is 1. The Balaban J connectivity index is 2.12. The van der Waals surface area contributed by atoms with Crippen molar-refractivity contribution in [3.63, 3.8) is 0 Å². The van der Waals surface area contributed by atoms with Crippen LogP contribution in [0.5, 0.6) is 11.5 Å². The number of nitrogens with one attached hydrogen (secondary N) is 1. The molecule has 1 N–H and O–H groups in total. The molecule has 0 bridgehead atoms. The highest BCUT2D eigenvalue weighted by atomic mass is 35.5. The standard InChI is InChI=1S/C20H16ClN3O7/c1-3-31-16-9-11(8-15(17(16)25)24(29)30)7-12-18(26)22-20(28)23(19(12)27)14-6-4-5-13(21)10(14)2/h4-9,25H,3H2,1-2H3,(H,22,26,28)/p-1/b12-7+. The summed E-state index contributed by atoms with van der Waals surface area (Å²) in [5, 5.41) is 25.7. The van der Waals surface area contributed by atoms with E-state index in [9.17, 15) is 29.6 Å². The van der Waals surface area contributed by atoms with Crippen LogP contribution < -0.4 is 20.1 Å². The van der Waals surface area contributed by atoms with Crippen molar-refractivity contribution in [2.45, 2.75) is 13.8 Å². The van der Waals surface area contributed by atoms with Gasteiger partial charge in [0.05, 0.1) is 17.2 Å². The first-order valence-corrected chi connectivity index (χ1v) is 9.32. The number of urea groups is 1. The number of anilines is 1. The second-order valence-electron chi connectivity index (χ2n) is 6.40. The lowest BCUT2D eigenvalue weighted by molar-refractivity contribution is -0.398. The number of halogens is 1. The van der Waals surface area contributed by atoms with Gasteiger partial charge in [0.1, 0.15) is 11.3 Å². The lowest BCUT2D eigenvalue weighted by Gasteiger charge is -2.27. The molecule has 1 aliphatic rings. The van der Waals surface area contributed by atoms with Crippen molar-refractivity contribution in [3.8, 4) is 11.5 Å². The van der Waals surface area contributed by atoms with Crippen molar-refractivity contribution >= 4 is 46.9 Å². The van der Waals surface area contributed by atoms with Crippen LogP contribution >= 0.6 is 11.6 Å². The zero-order chi connectivity index (χ0) is 22.9. The molecule has 1 saturated heterocycles. The van der Waals surface area contributed by atoms with E-state index in [1.807, 2.05) is 0 Å². The maximum Gasteiger partial charge on any atom is 0.335 e. The Morgan fingerprint density at radius 3 is 2.61 bits per heavy atom. The molecule has 0 aliphatic carbocycles. The van der Waals surface area contributed by atoms with Crippen LogP contribution in [0.15, 0.2) is 35.9 Å². The minimum atomic E-state index is -0.988. The molecule has 4 amide bonds. The molecule has 3 rings (SSSR count). The number of barbiturate groups is 1. The Kier molecular flexibility index (Phi) is 5.93. The van der Waals surface area contributed by atoms with Gasteiger partial charge in [-0.25, -0.2) is 9.69 Å². The van der Waals surface area contributed by atoms with Gasteiger partial charge in [-0.05, 0) is 49.2 Å². The number of rotatable bonds is 5. The molecular weight excluding hydrogens is 430 g/mol. The second kappa shape index (κ2) is 8.44. The number of benzene rings is 2. The van der Waals surface area contributed by atoms with Crippen molar-refractivity contribution in [1.82, 2.24) is 5.32 Å². The number of amides is 4. The average Bonchev–Trinajstić information content (AvgIpc) is 2.70. The van der Waals surface area contributed by atoms with Crippen molar-refractivity contribution < 1.29 is 29.2 Å². The van der Waals surface area contributed by atoms with Crippen molar-refractivity contribution in [2.24, 2.45) is 0 Å². The van der Waals surface area contributed by atoms with E-state index in [0.717, 1.165) is 17.0 Å². The van der Waals surface area contributed by atoms with Gasteiger partial charge >= 0.3 is 6.03 Å². The molecule has 1 aliphatic heterocycles. The average molecular weight is 445 g/mol. The van der Waals surface area contributed by atoms with Crippen molar-refractivity contribution in [1.29, 1.82) is 0 Å². The molecule has 0 spiro atoms. The van der Waals surface area contributed by atoms with Crippen LogP contribution in [0.1, 0.15) is 18.1 Å². The number of hydrogen-bond acceptors (Lipinski definition) is 7. The maximum absolute atomic E-state index is 13.0. The Morgan fingerprint density at radius 2 is 1.97 bits per heavy atom. The molecule has 0 aromatic heterocycles. The number of hydrogen-bond donors (Lipinski definition) is 1. The number of carbonyl (C=O) groups is 3. The van der Waals surface area contributed by atoms with Crippen molar-refractivity contribution in [3.05, 3.63) is 62.2 Å². The minimum Gasteiger partial charge on any atom is -0.865 e. The van der Waals surface area contributed by atoms with Gasteiger partial charge in [0.25, 0.3) is 17.5 Å². The smallest absolute Gasteiger partial charge is 0.335 e. The Bertz CT molecular complexity index is 1160. The Labute approximate surface area is 180 Å². The van der Waals surface area contributed by atoms with Crippen LogP contribution in [0.25, 0.3) is 6.08 Å². The lowest BCUT2D eigenvalue weighted by atomic mass is 10.0. The Hall–Kier alpha value is -3.92. The fraction of sp³-hybridized carbons (Fsp3) is 0.150. The molecule has 10 nitrogen and oxygen atoms in total. The van der Waals surface area contributed by atoms with Gasteiger partial charge in [0.15, 0.2) is 0 Å². The zero-order valence-corrected chi connectivity index (χ0v) is 17.1. The first kappa shape index (κ1) is 21.8. The SMILES string of the molecule is CCOc1cc(/C=C2\C(=O)NC(=O)N(c3cccc(Cl)c3C)C2=O)cc([N+](=O)[O-])c1[O-]. The summed E-state index contributed by atoms with van der Waals surface area (Å²) >= 11 is 6.07. The van der Waals surface area contributed by atoms with Gasteiger partial charge in [0, 0.05) is 16.8 Å². The summed E-state index contributed by atoms with van der Waals surface area (Å²) in [7, 11) is 0. The number of nitro benzene ring substituents is 1. The number of imide groups is 2. The third kappa shape index (κ3) is 4.05. The topological polar surface area (TPSA) is 142 Å². The van der Waals surface area contributed by atoms with E-state index in [1.165, 1.54) is 18.2 Å². The van der Waals surface area contributed by atoms with Gasteiger partial charge in [-0.2, -0.15) is 0 Å². The quantitative estimate of drug-likeness (QED) is 0.323. The summed E-state index contributed by atoms with van der Waals surface area (Å²) in [5.74, 6) is -3.17. The molecule has 0 saturated carbocycles. The van der Waals surface area contributed by atoms with E-state index in [0.29, 0.717) is 10.6 Å². The van der Waals surface area contributed by atoms with Crippen LogP contribution in [0.3, 0.4) is 0 Å². The largest absolute Gasteiger partial charge is 0.865 e. The predicted octanol–water partition coefficient (Wildman–Crippen LogP) is 2.70. The highest BCUT2D eigenvalue weighted by Crippen LogP contribution is 2.36. The van der Waals surface area contributed by atoms with Crippen molar-refractivity contribution in [2.75, 3.05) is 11.5 Å². The van der Waals surface area contributed by atoms with Gasteiger partial charge in [-0.3, -0.25) is 25.0 Å². The van der Waals surface area contributed by atoms with Gasteiger partial charge in [0.2, 0.25) is 0 Å². The van der Waals surface area contributed by atoms with E-state index in [-0.39, 0.29) is 23.6 Å². The first-order valence-electron chi connectivity index (χ1n) is 8.94. The molecular formula is C20H15ClN3O7-. The fourth-order valence-electron chi connectivity index (χ4n) is 2.97. The highest BCUT2D eigenvalue weighted by Gasteiger charge is 2.37. The van der Waals surface area contributed by atoms with Gasteiger partial charge < -0.3 is 9.84 Å². The number of nitrogens with zero attached hydrogens (tertiary/aromatic N) is 2. The zero-order valence-electron chi connectivity index (χ0n) is 16.3. The lowest BCUT2D eigenvalue weighted by Crippen LogP contribution is -2.54. The Morgan fingerprint density at radius 1 is 1.26 bits per heavy atom. The molecule has 31 heavy (non-hydrogen) atoms. The maximum atomic E-state index is 13.0. The van der Waals surface area contributed by atoms with E-state index < -0.39 is 39.8 Å². The van der Waals surface area contributed by atoms with E-state index in [2.05, 4.69) is 5.32 Å². The van der Waals surface area contributed by atoms with Crippen LogP contribution in [0.4, 0.5) is 16.2 Å². The molecule has 160 valence electrons. The van der Waals surface area contributed by atoms with Crippen LogP contribution in [0, 0.1) is 17.0 Å². The van der Waals surface area contributed by atoms with Gasteiger partial charge in [-0.15, -0.1) is 0 Å². The summed E-state index contributed by atoms with van der Waals surface area (Å²) in [5.41, 5.74) is -0.629. The molecule has 1 heterocycles. The molecule has 0 radical (unpaired) electrons. The molecule has 2 aromatic rings. The molecule has 2 aromatic carbocycles. The van der Waals surface area contributed by atoms with Crippen LogP contribution in [0.2, 0.25) is 5.02 Å². The number of carbonyl (C=O) groups excluding carboxylic acids is 3. The summed E-state index contributed by atoms with van der Waals surface area (Å²) in [6, 6.07) is 5.73. The first-order chi connectivity index (χ1) is 14.6. The minimum absolute atomic E-state index is 0.00497. The predicted molar refractivity (Wildman–Crippen MR) is 109 cm³/mol. The van der Waals surface area contributed by atoms with E-state index in [1.54, 1.807) is 19.9 Å². The monoisotopic (exact) mass is 444 g/mol. The summed E-state index contributed by atoms with van der Waals surface area (Å²) in [6.45, 7) is 3.26. The normalized spacial score (nSPS) is 15.3. The van der Waals surface area contributed by atoms with E-state index in [4.69, 9.17) is 16.3 Å². The van der Waals surface area contributed by atoms with Gasteiger partial charge in [-0.1, -0.05) is 17.7 Å². The molecule has 0 atom stereocenters. The summed E-state index contributed by atoms with van der Waals surface area (Å²) in [4.78, 5) is 48.8. The number of nitro groups is 1. The third-order valence-electron chi connectivity index (χ3n) is 4.45. The summed E-state index contributed by atoms with van der Waals surface area (Å²) in [6.07, 6.45) is 1.05. The third-order valence-corrected chi connectivity index (χ3v) is 4.86. The highest BCUT2D eigenvalue weighted by molar-refractivity contribution is 6.40. The molecule has 1 fully saturated rings. The van der Waals surface area contributed by atoms with Crippen LogP contribution in [-0.2, 0) is 9.59 Å². The second-order valence-corrected chi connectivity index (χ2v) is 6.81. The summed E-state index contributed by atoms with van der Waals surface area (Å²) < 4.78 is 5.14. The van der Waals surface area contributed by atoms with E-state index >= 15 is 0 Å². The van der Waals surface area contributed by atoms with Crippen LogP contribution in [-0.4, -0.2) is 29.4 Å².